The molecular formula is C18H23N3. The summed E-state index contributed by atoms with van der Waals surface area (Å²) in [7, 11) is 0. The van der Waals surface area contributed by atoms with E-state index in [1.807, 2.05) is 20.0 Å². The minimum absolute atomic E-state index is 0.506. The highest BCUT2D eigenvalue weighted by Crippen LogP contribution is 2.27. The Morgan fingerprint density at radius 1 is 1.05 bits per heavy atom. The molecule has 1 aromatic carbocycles. The van der Waals surface area contributed by atoms with E-state index < -0.39 is 0 Å². The lowest BCUT2D eigenvalue weighted by Crippen LogP contribution is -2.23. The van der Waals surface area contributed by atoms with E-state index in [1.165, 1.54) is 31.5 Å². The van der Waals surface area contributed by atoms with Crippen molar-refractivity contribution in [3.63, 3.8) is 0 Å². The van der Waals surface area contributed by atoms with Crippen LogP contribution in [0.2, 0.25) is 0 Å². The van der Waals surface area contributed by atoms with E-state index in [-0.39, 0.29) is 0 Å². The third-order valence-corrected chi connectivity index (χ3v) is 4.43. The Hall–Kier alpha value is -1.74. The molecule has 0 saturated carbocycles. The zero-order valence-corrected chi connectivity index (χ0v) is 13.1. The second kappa shape index (κ2) is 5.94. The van der Waals surface area contributed by atoms with Crippen molar-refractivity contribution in [2.75, 3.05) is 13.1 Å². The summed E-state index contributed by atoms with van der Waals surface area (Å²) >= 11 is 0. The molecule has 2 aromatic rings. The molecule has 1 atom stereocenters. The highest BCUT2D eigenvalue weighted by atomic mass is 15.2. The predicted molar refractivity (Wildman–Crippen MR) is 86.2 cm³/mol. The van der Waals surface area contributed by atoms with Crippen LogP contribution in [0.3, 0.4) is 0 Å². The Morgan fingerprint density at radius 3 is 2.38 bits per heavy atom. The van der Waals surface area contributed by atoms with Crippen LogP contribution in [0.5, 0.6) is 0 Å². The van der Waals surface area contributed by atoms with Gasteiger partial charge in [0.15, 0.2) is 0 Å². The maximum absolute atomic E-state index is 4.62. The van der Waals surface area contributed by atoms with E-state index in [4.69, 9.17) is 0 Å². The van der Waals surface area contributed by atoms with E-state index in [9.17, 15) is 0 Å². The molecule has 1 saturated heterocycles. The molecule has 3 nitrogen and oxygen atoms in total. The first-order valence-electron chi connectivity index (χ1n) is 7.80. The van der Waals surface area contributed by atoms with Gasteiger partial charge in [0, 0.05) is 17.8 Å². The number of benzene rings is 1. The minimum Gasteiger partial charge on any atom is -0.297 e. The number of nitrogens with zero attached hydrogens (tertiary/aromatic N) is 3. The molecule has 0 unspecified atom stereocenters. The molecule has 2 heterocycles. The Bertz CT molecular complexity index is 613. The fourth-order valence-electron chi connectivity index (χ4n) is 3.07. The van der Waals surface area contributed by atoms with Gasteiger partial charge in [-0.3, -0.25) is 9.88 Å². The summed E-state index contributed by atoms with van der Waals surface area (Å²) < 4.78 is 0. The number of likely N-dealkylation sites (tertiary alicyclic amines) is 1. The van der Waals surface area contributed by atoms with E-state index in [0.29, 0.717) is 6.04 Å². The van der Waals surface area contributed by atoms with Gasteiger partial charge in [-0.2, -0.15) is 0 Å². The molecule has 3 rings (SSSR count). The van der Waals surface area contributed by atoms with Crippen molar-refractivity contribution in [1.29, 1.82) is 0 Å². The van der Waals surface area contributed by atoms with Gasteiger partial charge in [-0.1, -0.05) is 24.3 Å². The van der Waals surface area contributed by atoms with Crippen molar-refractivity contribution < 1.29 is 0 Å². The summed E-state index contributed by atoms with van der Waals surface area (Å²) in [6, 6.07) is 9.34. The molecule has 0 aliphatic carbocycles. The summed E-state index contributed by atoms with van der Waals surface area (Å²) in [6.45, 7) is 8.76. The van der Waals surface area contributed by atoms with Gasteiger partial charge in [0.05, 0.1) is 17.1 Å². The average molecular weight is 281 g/mol. The Labute approximate surface area is 127 Å². The third kappa shape index (κ3) is 2.98. The zero-order chi connectivity index (χ0) is 14.8. The summed E-state index contributed by atoms with van der Waals surface area (Å²) in [5, 5.41) is 0. The maximum atomic E-state index is 4.62. The zero-order valence-electron chi connectivity index (χ0n) is 13.1. The van der Waals surface area contributed by atoms with Crippen molar-refractivity contribution >= 4 is 0 Å². The van der Waals surface area contributed by atoms with E-state index in [0.717, 1.165) is 22.6 Å². The molecule has 21 heavy (non-hydrogen) atoms. The van der Waals surface area contributed by atoms with Gasteiger partial charge < -0.3 is 0 Å². The van der Waals surface area contributed by atoms with Gasteiger partial charge in [-0.25, -0.2) is 4.98 Å². The Morgan fingerprint density at radius 2 is 1.71 bits per heavy atom. The molecule has 1 aliphatic rings. The molecule has 1 fully saturated rings. The molecule has 3 heteroatoms. The van der Waals surface area contributed by atoms with Crippen LogP contribution in [0.15, 0.2) is 30.5 Å². The minimum atomic E-state index is 0.506. The lowest BCUT2D eigenvalue weighted by molar-refractivity contribution is 0.263. The van der Waals surface area contributed by atoms with Gasteiger partial charge in [0.2, 0.25) is 0 Å². The van der Waals surface area contributed by atoms with Gasteiger partial charge in [-0.05, 0) is 52.3 Å². The molecule has 1 aromatic heterocycles. The van der Waals surface area contributed by atoms with Crippen molar-refractivity contribution in [3.05, 3.63) is 47.4 Å². The summed E-state index contributed by atoms with van der Waals surface area (Å²) in [5.41, 5.74) is 5.49. The first-order chi connectivity index (χ1) is 10.1. The van der Waals surface area contributed by atoms with E-state index in [2.05, 4.69) is 46.1 Å². The van der Waals surface area contributed by atoms with Crippen molar-refractivity contribution in [2.24, 2.45) is 0 Å². The smallest absolute Gasteiger partial charge is 0.0917 e. The summed E-state index contributed by atoms with van der Waals surface area (Å²) in [5.74, 6) is 0. The second-order valence-corrected chi connectivity index (χ2v) is 5.99. The molecule has 0 N–H and O–H groups in total. The summed E-state index contributed by atoms with van der Waals surface area (Å²) in [4.78, 5) is 11.6. The van der Waals surface area contributed by atoms with Crippen molar-refractivity contribution in [1.82, 2.24) is 14.9 Å². The van der Waals surface area contributed by atoms with E-state index in [1.54, 1.807) is 0 Å². The number of hydrogen-bond donors (Lipinski definition) is 0. The van der Waals surface area contributed by atoms with Crippen LogP contribution < -0.4 is 0 Å². The standard InChI is InChI=1S/C18H23N3/c1-13-12-19-14(2)18(20-13)17-8-6-16(7-9-17)15(3)21-10-4-5-11-21/h6-9,12,15H,4-5,10-11H2,1-3H3/t15-/m1/s1. The molecule has 110 valence electrons. The Kier molecular flexibility index (Phi) is 4.02. The third-order valence-electron chi connectivity index (χ3n) is 4.43. The van der Waals surface area contributed by atoms with E-state index >= 15 is 0 Å². The fourth-order valence-corrected chi connectivity index (χ4v) is 3.07. The van der Waals surface area contributed by atoms with Gasteiger partial charge in [0.1, 0.15) is 0 Å². The van der Waals surface area contributed by atoms with Gasteiger partial charge in [0.25, 0.3) is 0 Å². The van der Waals surface area contributed by atoms with Crippen LogP contribution >= 0.6 is 0 Å². The van der Waals surface area contributed by atoms with Crippen LogP contribution in [0, 0.1) is 13.8 Å². The topological polar surface area (TPSA) is 29.0 Å². The number of aryl methyl sites for hydroxylation is 2. The molecular weight excluding hydrogens is 258 g/mol. The molecule has 0 bridgehead atoms. The average Bonchev–Trinajstić information content (AvgIpc) is 3.03. The predicted octanol–water partition coefficient (Wildman–Crippen LogP) is 3.92. The SMILES string of the molecule is Cc1cnc(C)c(-c2ccc([C@@H](C)N3CCCC3)cc2)n1. The second-order valence-electron chi connectivity index (χ2n) is 5.99. The molecule has 0 spiro atoms. The lowest BCUT2D eigenvalue weighted by atomic mass is 10.0. The molecule has 0 radical (unpaired) electrons. The van der Waals surface area contributed by atoms with Gasteiger partial charge in [-0.15, -0.1) is 0 Å². The fraction of sp³-hybridized carbons (Fsp3) is 0.444. The molecule has 1 aliphatic heterocycles. The first kappa shape index (κ1) is 14.2. The van der Waals surface area contributed by atoms with Gasteiger partial charge >= 0.3 is 0 Å². The highest BCUT2D eigenvalue weighted by molar-refractivity contribution is 5.61. The lowest BCUT2D eigenvalue weighted by Gasteiger charge is -2.24. The number of hydrogen-bond acceptors (Lipinski definition) is 3. The summed E-state index contributed by atoms with van der Waals surface area (Å²) in [6.07, 6.45) is 4.49. The largest absolute Gasteiger partial charge is 0.297 e. The van der Waals surface area contributed by atoms with Crippen molar-refractivity contribution in [3.8, 4) is 11.3 Å². The van der Waals surface area contributed by atoms with Crippen LogP contribution in [-0.2, 0) is 0 Å². The number of rotatable bonds is 3. The monoisotopic (exact) mass is 281 g/mol. The highest BCUT2D eigenvalue weighted by Gasteiger charge is 2.19. The Balaban J connectivity index is 1.85. The van der Waals surface area contributed by atoms with Crippen LogP contribution in [0.4, 0.5) is 0 Å². The quantitative estimate of drug-likeness (QED) is 0.854. The van der Waals surface area contributed by atoms with Crippen LogP contribution in [0.25, 0.3) is 11.3 Å². The van der Waals surface area contributed by atoms with Crippen LogP contribution in [0.1, 0.15) is 42.8 Å². The first-order valence-corrected chi connectivity index (χ1v) is 7.80. The van der Waals surface area contributed by atoms with Crippen LogP contribution in [-0.4, -0.2) is 28.0 Å². The maximum Gasteiger partial charge on any atom is 0.0917 e. The normalized spacial score (nSPS) is 17.1. The number of aromatic nitrogens is 2. The van der Waals surface area contributed by atoms with Crippen molar-refractivity contribution in [2.45, 2.75) is 39.7 Å². The molecule has 0 amide bonds.